The summed E-state index contributed by atoms with van der Waals surface area (Å²) >= 11 is 5.84. The molecular weight excluding hydrogens is 264 g/mol. The highest BCUT2D eigenvalue weighted by Gasteiger charge is 2.25. The number of likely N-dealkylation sites (tertiary alicyclic amines) is 1. The summed E-state index contributed by atoms with van der Waals surface area (Å²) in [7, 11) is 3.93. The predicted molar refractivity (Wildman–Crippen MR) is 76.3 cm³/mol. The molecule has 1 aliphatic heterocycles. The highest BCUT2D eigenvalue weighted by Crippen LogP contribution is 2.19. The summed E-state index contributed by atoms with van der Waals surface area (Å²) in [5.74, 6) is 0.221. The van der Waals surface area contributed by atoms with E-state index in [0.717, 1.165) is 25.9 Å². The van der Waals surface area contributed by atoms with E-state index in [0.29, 0.717) is 5.56 Å². The molecule has 0 unspecified atom stereocenters. The number of hydrogen-bond donors (Lipinski definition) is 1. The van der Waals surface area contributed by atoms with Gasteiger partial charge in [0.05, 0.1) is 0 Å². The van der Waals surface area contributed by atoms with Crippen LogP contribution in [-0.2, 0) is 0 Å². The molecule has 5 nitrogen and oxygen atoms in total. The van der Waals surface area contributed by atoms with Crippen LogP contribution in [0.2, 0.25) is 5.15 Å². The molecule has 1 amide bonds. The summed E-state index contributed by atoms with van der Waals surface area (Å²) in [6.45, 7) is 2.03. The van der Waals surface area contributed by atoms with Crippen LogP contribution in [0.15, 0.2) is 12.1 Å². The largest absolute Gasteiger partial charge is 0.384 e. The lowest BCUT2D eigenvalue weighted by atomic mass is 10.0. The van der Waals surface area contributed by atoms with Crippen LogP contribution in [0.5, 0.6) is 0 Å². The van der Waals surface area contributed by atoms with Crippen molar-refractivity contribution < 1.29 is 4.79 Å². The maximum atomic E-state index is 12.4. The molecule has 1 aliphatic rings. The van der Waals surface area contributed by atoms with Crippen LogP contribution in [0.25, 0.3) is 0 Å². The molecule has 0 saturated carbocycles. The number of carbonyl (C=O) groups excluding carboxylic acids is 1. The Labute approximate surface area is 118 Å². The summed E-state index contributed by atoms with van der Waals surface area (Å²) in [4.78, 5) is 20.3. The van der Waals surface area contributed by atoms with E-state index in [1.807, 2.05) is 7.05 Å². The van der Waals surface area contributed by atoms with Crippen LogP contribution >= 0.6 is 11.6 Å². The highest BCUT2D eigenvalue weighted by atomic mass is 35.5. The SMILES string of the molecule is CN1CCC(N(C)C(=O)c2cc(N)nc(Cl)c2)CC1. The van der Waals surface area contributed by atoms with E-state index in [1.54, 1.807) is 17.0 Å². The highest BCUT2D eigenvalue weighted by molar-refractivity contribution is 6.29. The number of nitrogens with zero attached hydrogens (tertiary/aromatic N) is 3. The van der Waals surface area contributed by atoms with E-state index >= 15 is 0 Å². The molecule has 1 saturated heterocycles. The number of aromatic nitrogens is 1. The zero-order chi connectivity index (χ0) is 14.0. The molecular formula is C13H19ClN4O. The van der Waals surface area contributed by atoms with Crippen LogP contribution in [0, 0.1) is 0 Å². The van der Waals surface area contributed by atoms with Gasteiger partial charge in [-0.15, -0.1) is 0 Å². The molecule has 2 rings (SSSR count). The number of nitrogens with two attached hydrogens (primary N) is 1. The third-order valence-corrected chi connectivity index (χ3v) is 3.81. The lowest BCUT2D eigenvalue weighted by Crippen LogP contribution is -2.44. The maximum Gasteiger partial charge on any atom is 0.254 e. The minimum absolute atomic E-state index is 0.0504. The minimum atomic E-state index is -0.0504. The Kier molecular flexibility index (Phi) is 4.27. The van der Waals surface area contributed by atoms with Crippen molar-refractivity contribution in [1.82, 2.24) is 14.8 Å². The van der Waals surface area contributed by atoms with Crippen molar-refractivity contribution in [3.05, 3.63) is 22.8 Å². The fourth-order valence-electron chi connectivity index (χ4n) is 2.39. The van der Waals surface area contributed by atoms with E-state index < -0.39 is 0 Å². The Morgan fingerprint density at radius 2 is 2.11 bits per heavy atom. The third kappa shape index (κ3) is 3.36. The van der Waals surface area contributed by atoms with Gasteiger partial charge < -0.3 is 15.5 Å². The molecule has 0 aromatic carbocycles. The number of anilines is 1. The molecule has 0 bridgehead atoms. The van der Waals surface area contributed by atoms with Crippen LogP contribution < -0.4 is 5.73 Å². The average Bonchev–Trinajstić information content (AvgIpc) is 2.37. The smallest absolute Gasteiger partial charge is 0.254 e. The Morgan fingerprint density at radius 3 is 2.68 bits per heavy atom. The number of piperidine rings is 1. The molecule has 19 heavy (non-hydrogen) atoms. The molecule has 6 heteroatoms. The van der Waals surface area contributed by atoms with Gasteiger partial charge in [0.1, 0.15) is 11.0 Å². The standard InChI is InChI=1S/C13H19ClN4O/c1-17-5-3-10(4-6-17)18(2)13(19)9-7-11(14)16-12(15)8-9/h7-8,10H,3-6H2,1-2H3,(H2,15,16). The molecule has 0 spiro atoms. The monoisotopic (exact) mass is 282 g/mol. The molecule has 2 heterocycles. The molecule has 1 aromatic heterocycles. The lowest BCUT2D eigenvalue weighted by molar-refractivity contribution is 0.0659. The van der Waals surface area contributed by atoms with Gasteiger partial charge in [0.15, 0.2) is 0 Å². The Bertz CT molecular complexity index is 451. The number of amides is 1. The summed E-state index contributed by atoms with van der Waals surface area (Å²) in [6.07, 6.45) is 1.99. The fourth-order valence-corrected chi connectivity index (χ4v) is 2.61. The summed E-state index contributed by atoms with van der Waals surface area (Å²) < 4.78 is 0. The summed E-state index contributed by atoms with van der Waals surface area (Å²) in [5, 5.41) is 0.250. The van der Waals surface area contributed by atoms with E-state index in [2.05, 4.69) is 16.9 Å². The molecule has 104 valence electrons. The number of nitrogen functional groups attached to an aromatic ring is 1. The van der Waals surface area contributed by atoms with Crippen molar-refractivity contribution in [3.63, 3.8) is 0 Å². The zero-order valence-electron chi connectivity index (χ0n) is 11.3. The first kappa shape index (κ1) is 14.1. The topological polar surface area (TPSA) is 62.5 Å². The lowest BCUT2D eigenvalue weighted by Gasteiger charge is -2.35. The van der Waals surface area contributed by atoms with Gasteiger partial charge >= 0.3 is 0 Å². The number of hydrogen-bond acceptors (Lipinski definition) is 4. The van der Waals surface area contributed by atoms with Crippen LogP contribution in [0.1, 0.15) is 23.2 Å². The Morgan fingerprint density at radius 1 is 1.47 bits per heavy atom. The van der Waals surface area contributed by atoms with E-state index in [9.17, 15) is 4.79 Å². The number of carbonyl (C=O) groups is 1. The van der Waals surface area contributed by atoms with Crippen LogP contribution in [0.4, 0.5) is 5.82 Å². The van der Waals surface area contributed by atoms with Crippen LogP contribution in [-0.4, -0.2) is 53.9 Å². The number of pyridine rings is 1. The second-order valence-electron chi connectivity index (χ2n) is 5.05. The Hall–Kier alpha value is -1.33. The van der Waals surface area contributed by atoms with Crippen molar-refractivity contribution >= 4 is 23.3 Å². The van der Waals surface area contributed by atoms with Crippen molar-refractivity contribution in [2.45, 2.75) is 18.9 Å². The van der Waals surface area contributed by atoms with Crippen molar-refractivity contribution in [1.29, 1.82) is 0 Å². The summed E-state index contributed by atoms with van der Waals surface area (Å²) in [6, 6.07) is 3.41. The first-order chi connectivity index (χ1) is 8.97. The molecule has 2 N–H and O–H groups in total. The van der Waals surface area contributed by atoms with Gasteiger partial charge in [-0.1, -0.05) is 11.6 Å². The molecule has 1 fully saturated rings. The fraction of sp³-hybridized carbons (Fsp3) is 0.538. The minimum Gasteiger partial charge on any atom is -0.384 e. The van der Waals surface area contributed by atoms with Gasteiger partial charge in [-0.3, -0.25) is 4.79 Å². The first-order valence-electron chi connectivity index (χ1n) is 6.36. The van der Waals surface area contributed by atoms with Crippen molar-refractivity contribution in [2.75, 3.05) is 32.9 Å². The third-order valence-electron chi connectivity index (χ3n) is 3.62. The second-order valence-corrected chi connectivity index (χ2v) is 5.44. The van der Waals surface area contributed by atoms with Gasteiger partial charge in [-0.2, -0.15) is 0 Å². The van der Waals surface area contributed by atoms with E-state index in [-0.39, 0.29) is 22.9 Å². The van der Waals surface area contributed by atoms with Gasteiger partial charge in [0, 0.05) is 18.7 Å². The first-order valence-corrected chi connectivity index (χ1v) is 6.74. The molecule has 0 aliphatic carbocycles. The second kappa shape index (κ2) is 5.75. The maximum absolute atomic E-state index is 12.4. The normalized spacial score (nSPS) is 17.4. The van der Waals surface area contributed by atoms with Gasteiger partial charge in [-0.25, -0.2) is 4.98 Å². The van der Waals surface area contributed by atoms with Crippen molar-refractivity contribution in [3.8, 4) is 0 Å². The van der Waals surface area contributed by atoms with Crippen molar-refractivity contribution in [2.24, 2.45) is 0 Å². The van der Waals surface area contributed by atoms with Gasteiger partial charge in [0.2, 0.25) is 0 Å². The van der Waals surface area contributed by atoms with Crippen LogP contribution in [0.3, 0.4) is 0 Å². The Balaban J connectivity index is 2.10. The van der Waals surface area contributed by atoms with E-state index in [4.69, 9.17) is 17.3 Å². The average molecular weight is 283 g/mol. The van der Waals surface area contributed by atoms with Gasteiger partial charge in [0.25, 0.3) is 5.91 Å². The quantitative estimate of drug-likeness (QED) is 0.835. The molecule has 0 radical (unpaired) electrons. The number of rotatable bonds is 2. The van der Waals surface area contributed by atoms with E-state index in [1.165, 1.54) is 0 Å². The molecule has 1 aromatic rings. The number of halogens is 1. The van der Waals surface area contributed by atoms with Gasteiger partial charge in [-0.05, 0) is 45.1 Å². The zero-order valence-corrected chi connectivity index (χ0v) is 12.0. The predicted octanol–water partition coefficient (Wildman–Crippen LogP) is 1.48. The molecule has 0 atom stereocenters. The summed E-state index contributed by atoms with van der Waals surface area (Å²) in [5.41, 5.74) is 6.12.